The molecular formula is C15H20N2O2S. The van der Waals surface area contributed by atoms with Crippen LogP contribution in [0.25, 0.3) is 0 Å². The van der Waals surface area contributed by atoms with Gasteiger partial charge in [-0.15, -0.1) is 17.8 Å². The highest BCUT2D eigenvalue weighted by atomic mass is 32.1. The van der Waals surface area contributed by atoms with Crippen LogP contribution in [-0.4, -0.2) is 23.9 Å². The third kappa shape index (κ3) is 4.39. The molecule has 0 bridgehead atoms. The van der Waals surface area contributed by atoms with E-state index < -0.39 is 5.54 Å². The molecule has 0 aliphatic carbocycles. The average Bonchev–Trinajstić information content (AvgIpc) is 2.99. The molecule has 4 nitrogen and oxygen atoms in total. The van der Waals surface area contributed by atoms with Gasteiger partial charge in [0.2, 0.25) is 5.91 Å². The van der Waals surface area contributed by atoms with E-state index in [1.54, 1.807) is 6.07 Å². The van der Waals surface area contributed by atoms with Crippen LogP contribution in [0.15, 0.2) is 17.5 Å². The topological polar surface area (TPSA) is 58.2 Å². The summed E-state index contributed by atoms with van der Waals surface area (Å²) in [6, 6.07) is 3.56. The Morgan fingerprint density at radius 2 is 2.10 bits per heavy atom. The first-order valence-electron chi connectivity index (χ1n) is 6.67. The summed E-state index contributed by atoms with van der Waals surface area (Å²) in [5.41, 5.74) is -0.575. The normalized spacial score (nSPS) is 10.7. The number of hydrogen-bond acceptors (Lipinski definition) is 3. The van der Waals surface area contributed by atoms with Gasteiger partial charge in [0.15, 0.2) is 0 Å². The number of rotatable bonds is 7. The second kappa shape index (κ2) is 7.71. The molecule has 2 N–H and O–H groups in total. The lowest BCUT2D eigenvalue weighted by Crippen LogP contribution is -2.47. The zero-order valence-corrected chi connectivity index (χ0v) is 12.7. The largest absolute Gasteiger partial charge is 0.351 e. The van der Waals surface area contributed by atoms with Gasteiger partial charge in [-0.2, -0.15) is 0 Å². The molecule has 20 heavy (non-hydrogen) atoms. The van der Waals surface area contributed by atoms with Crippen LogP contribution >= 0.6 is 11.3 Å². The number of hydrogen-bond donors (Lipinski definition) is 2. The van der Waals surface area contributed by atoms with Crippen LogP contribution in [0.3, 0.4) is 0 Å². The first-order valence-corrected chi connectivity index (χ1v) is 7.55. The molecule has 0 fully saturated rings. The Balaban J connectivity index is 2.37. The Bertz CT molecular complexity index is 484. The van der Waals surface area contributed by atoms with Crippen LogP contribution in [0, 0.1) is 12.3 Å². The predicted octanol–water partition coefficient (Wildman–Crippen LogP) is 2.18. The molecule has 1 aromatic heterocycles. The van der Waals surface area contributed by atoms with Crippen LogP contribution in [0.4, 0.5) is 0 Å². The van der Waals surface area contributed by atoms with Gasteiger partial charge in [0.25, 0.3) is 5.91 Å². The fourth-order valence-corrected chi connectivity index (χ4v) is 2.42. The molecular weight excluding hydrogens is 272 g/mol. The van der Waals surface area contributed by atoms with Crippen molar-refractivity contribution in [2.75, 3.05) is 6.54 Å². The van der Waals surface area contributed by atoms with Gasteiger partial charge in [-0.25, -0.2) is 0 Å². The fraction of sp³-hybridized carbons (Fsp3) is 0.467. The molecule has 0 saturated carbocycles. The van der Waals surface area contributed by atoms with Crippen LogP contribution in [-0.2, 0) is 4.79 Å². The van der Waals surface area contributed by atoms with Crippen molar-refractivity contribution in [3.05, 3.63) is 22.4 Å². The van der Waals surface area contributed by atoms with E-state index in [-0.39, 0.29) is 18.2 Å². The minimum atomic E-state index is -0.575. The van der Waals surface area contributed by atoms with E-state index in [1.807, 2.05) is 25.3 Å². The number of amides is 2. The Kier molecular flexibility index (Phi) is 6.26. The van der Waals surface area contributed by atoms with E-state index in [9.17, 15) is 9.59 Å². The highest BCUT2D eigenvalue weighted by Crippen LogP contribution is 2.13. The van der Waals surface area contributed by atoms with Gasteiger partial charge in [-0.1, -0.05) is 25.8 Å². The number of thiophene rings is 1. The zero-order valence-electron chi connectivity index (χ0n) is 11.9. The van der Waals surface area contributed by atoms with E-state index >= 15 is 0 Å². The smallest absolute Gasteiger partial charge is 0.261 e. The molecule has 0 radical (unpaired) electrons. The van der Waals surface area contributed by atoms with Crippen molar-refractivity contribution in [1.29, 1.82) is 0 Å². The van der Waals surface area contributed by atoms with Gasteiger partial charge >= 0.3 is 0 Å². The molecule has 0 atom stereocenters. The second-order valence-electron chi connectivity index (χ2n) is 4.46. The van der Waals surface area contributed by atoms with Crippen molar-refractivity contribution < 1.29 is 9.59 Å². The lowest BCUT2D eigenvalue weighted by Gasteiger charge is -2.27. The quantitative estimate of drug-likeness (QED) is 0.757. The summed E-state index contributed by atoms with van der Waals surface area (Å²) in [5.74, 6) is 2.36. The average molecular weight is 292 g/mol. The van der Waals surface area contributed by atoms with Gasteiger partial charge in [-0.05, 0) is 24.3 Å². The van der Waals surface area contributed by atoms with Crippen LogP contribution in [0.5, 0.6) is 0 Å². The minimum absolute atomic E-state index is 0.141. The van der Waals surface area contributed by atoms with Crippen molar-refractivity contribution in [2.45, 2.75) is 38.6 Å². The molecule has 0 aliphatic heterocycles. The first-order chi connectivity index (χ1) is 9.56. The summed E-state index contributed by atoms with van der Waals surface area (Å²) in [7, 11) is 0. The summed E-state index contributed by atoms with van der Waals surface area (Å²) >= 11 is 1.37. The standard InChI is InChI=1S/C15H20N2O2S/c1-4-15(5-2,6-3)17-13(18)9-10-16-14(19)12-8-7-11-20-12/h1,7-8,11H,5-6,9-10H2,2-3H3,(H,16,19)(H,17,18). The molecule has 0 aromatic carbocycles. The highest BCUT2D eigenvalue weighted by molar-refractivity contribution is 7.12. The molecule has 1 aromatic rings. The predicted molar refractivity (Wildman–Crippen MR) is 81.6 cm³/mol. The Morgan fingerprint density at radius 3 is 2.60 bits per heavy atom. The number of terminal acetylenes is 1. The number of carbonyl (C=O) groups is 2. The van der Waals surface area contributed by atoms with Gasteiger partial charge < -0.3 is 10.6 Å². The van der Waals surface area contributed by atoms with E-state index in [2.05, 4.69) is 16.6 Å². The lowest BCUT2D eigenvalue weighted by atomic mass is 9.94. The monoisotopic (exact) mass is 292 g/mol. The molecule has 5 heteroatoms. The minimum Gasteiger partial charge on any atom is -0.351 e. The second-order valence-corrected chi connectivity index (χ2v) is 5.41. The zero-order chi connectivity index (χ0) is 15.0. The fourth-order valence-electron chi connectivity index (χ4n) is 1.78. The van der Waals surface area contributed by atoms with Crippen molar-refractivity contribution in [3.63, 3.8) is 0 Å². The molecule has 0 unspecified atom stereocenters. The van der Waals surface area contributed by atoms with Crippen LogP contribution < -0.4 is 10.6 Å². The van der Waals surface area contributed by atoms with Crippen LogP contribution in [0.1, 0.15) is 42.8 Å². The Morgan fingerprint density at radius 1 is 1.40 bits per heavy atom. The van der Waals surface area contributed by atoms with Crippen molar-refractivity contribution in [3.8, 4) is 12.3 Å². The Hall–Kier alpha value is -1.80. The van der Waals surface area contributed by atoms with Gasteiger partial charge in [0, 0.05) is 13.0 Å². The summed E-state index contributed by atoms with van der Waals surface area (Å²) in [6.45, 7) is 4.20. The third-order valence-corrected chi connectivity index (χ3v) is 4.11. The summed E-state index contributed by atoms with van der Waals surface area (Å²) in [4.78, 5) is 24.2. The van der Waals surface area contributed by atoms with E-state index in [1.165, 1.54) is 11.3 Å². The molecule has 0 spiro atoms. The number of nitrogens with one attached hydrogen (secondary N) is 2. The van der Waals surface area contributed by atoms with E-state index in [0.717, 1.165) is 0 Å². The molecule has 108 valence electrons. The summed E-state index contributed by atoms with van der Waals surface area (Å²) in [5, 5.41) is 7.42. The van der Waals surface area contributed by atoms with Gasteiger partial charge in [-0.3, -0.25) is 9.59 Å². The molecule has 1 rings (SSSR count). The maximum Gasteiger partial charge on any atom is 0.261 e. The maximum atomic E-state index is 11.8. The van der Waals surface area contributed by atoms with Crippen LogP contribution in [0.2, 0.25) is 0 Å². The van der Waals surface area contributed by atoms with E-state index in [0.29, 0.717) is 24.3 Å². The maximum absolute atomic E-state index is 11.8. The first kappa shape index (κ1) is 16.3. The molecule has 1 heterocycles. The summed E-state index contributed by atoms with van der Waals surface area (Å²) in [6.07, 6.45) is 7.08. The SMILES string of the molecule is C#CC(CC)(CC)NC(=O)CCNC(=O)c1cccs1. The van der Waals surface area contributed by atoms with E-state index in [4.69, 9.17) is 6.42 Å². The van der Waals surface area contributed by atoms with Crippen molar-refractivity contribution >= 4 is 23.2 Å². The molecule has 0 aliphatic rings. The van der Waals surface area contributed by atoms with Gasteiger partial charge in [0.1, 0.15) is 5.54 Å². The Labute approximate surface area is 124 Å². The number of carbonyl (C=O) groups excluding carboxylic acids is 2. The molecule has 0 saturated heterocycles. The van der Waals surface area contributed by atoms with Crippen molar-refractivity contribution in [1.82, 2.24) is 10.6 Å². The van der Waals surface area contributed by atoms with Crippen molar-refractivity contribution in [2.24, 2.45) is 0 Å². The highest BCUT2D eigenvalue weighted by Gasteiger charge is 2.24. The lowest BCUT2D eigenvalue weighted by molar-refractivity contribution is -0.122. The molecule has 2 amide bonds. The van der Waals surface area contributed by atoms with Gasteiger partial charge in [0.05, 0.1) is 4.88 Å². The summed E-state index contributed by atoms with van der Waals surface area (Å²) < 4.78 is 0. The third-order valence-electron chi connectivity index (χ3n) is 3.24.